The van der Waals surface area contributed by atoms with Gasteiger partial charge >= 0.3 is 11.9 Å². The monoisotopic (exact) mass is 244 g/mol. The standard InChI is InChI=1S/C12H11F3O2/c13-10-6-2-3-7-8(10)4-1-5-9(7)12(14,15)11(16)17/h2-3,6,9H,1,4-5H2,(H,16,17). The molecule has 0 aromatic heterocycles. The van der Waals surface area contributed by atoms with Crippen LogP contribution in [0.4, 0.5) is 13.2 Å². The first kappa shape index (κ1) is 12.0. The predicted molar refractivity (Wildman–Crippen MR) is 54.7 cm³/mol. The smallest absolute Gasteiger partial charge is 0.375 e. The number of hydrogen-bond donors (Lipinski definition) is 1. The van der Waals surface area contributed by atoms with Gasteiger partial charge in [-0.05, 0) is 36.5 Å². The molecule has 1 aliphatic rings. The first-order valence-corrected chi connectivity index (χ1v) is 5.33. The van der Waals surface area contributed by atoms with Gasteiger partial charge in [0.15, 0.2) is 0 Å². The number of rotatable bonds is 2. The molecular formula is C12H11F3O2. The van der Waals surface area contributed by atoms with Crippen LogP contribution in [0.15, 0.2) is 18.2 Å². The van der Waals surface area contributed by atoms with E-state index in [0.717, 1.165) is 0 Å². The van der Waals surface area contributed by atoms with E-state index < -0.39 is 23.6 Å². The minimum atomic E-state index is -3.84. The molecule has 1 aromatic rings. The Morgan fingerprint density at radius 3 is 2.76 bits per heavy atom. The fraction of sp³-hybridized carbons (Fsp3) is 0.417. The van der Waals surface area contributed by atoms with Gasteiger partial charge in [0.1, 0.15) is 5.82 Å². The predicted octanol–water partition coefficient (Wildman–Crippen LogP) is 2.97. The molecular weight excluding hydrogens is 233 g/mol. The fourth-order valence-corrected chi connectivity index (χ4v) is 2.33. The van der Waals surface area contributed by atoms with E-state index in [1.54, 1.807) is 0 Å². The van der Waals surface area contributed by atoms with Crippen LogP contribution in [0.1, 0.15) is 29.9 Å². The van der Waals surface area contributed by atoms with Crippen LogP contribution < -0.4 is 0 Å². The number of fused-ring (bicyclic) bond motifs is 1. The van der Waals surface area contributed by atoms with Gasteiger partial charge in [0, 0.05) is 0 Å². The Morgan fingerprint density at radius 2 is 2.12 bits per heavy atom. The van der Waals surface area contributed by atoms with Gasteiger partial charge in [0.05, 0.1) is 5.92 Å². The average Bonchev–Trinajstić information content (AvgIpc) is 2.28. The molecule has 0 amide bonds. The highest BCUT2D eigenvalue weighted by Crippen LogP contribution is 2.42. The molecule has 0 aliphatic heterocycles. The van der Waals surface area contributed by atoms with Crippen molar-refractivity contribution in [1.29, 1.82) is 0 Å². The number of carboxylic acid groups (broad SMARTS) is 1. The van der Waals surface area contributed by atoms with Crippen LogP contribution in [0, 0.1) is 5.82 Å². The molecule has 5 heteroatoms. The van der Waals surface area contributed by atoms with Crippen LogP contribution in [0.2, 0.25) is 0 Å². The first-order chi connectivity index (χ1) is 7.94. The number of benzene rings is 1. The molecule has 0 bridgehead atoms. The second kappa shape index (κ2) is 4.05. The van der Waals surface area contributed by atoms with Crippen LogP contribution in [0.5, 0.6) is 0 Å². The lowest BCUT2D eigenvalue weighted by Crippen LogP contribution is -2.37. The summed E-state index contributed by atoms with van der Waals surface area (Å²) in [5.41, 5.74) is 0.355. The van der Waals surface area contributed by atoms with Gasteiger partial charge < -0.3 is 5.11 Å². The Bertz CT molecular complexity index is 457. The maximum atomic E-state index is 13.5. The lowest BCUT2D eigenvalue weighted by atomic mass is 9.79. The Kier molecular flexibility index (Phi) is 2.85. The Balaban J connectivity index is 2.49. The SMILES string of the molecule is O=C(O)C(F)(F)C1CCCc2c(F)cccc21. The molecule has 1 N–H and O–H groups in total. The first-order valence-electron chi connectivity index (χ1n) is 5.33. The van der Waals surface area contributed by atoms with Crippen molar-refractivity contribution in [3.8, 4) is 0 Å². The van der Waals surface area contributed by atoms with E-state index in [2.05, 4.69) is 0 Å². The van der Waals surface area contributed by atoms with Gasteiger partial charge in [-0.25, -0.2) is 9.18 Å². The van der Waals surface area contributed by atoms with E-state index in [-0.39, 0.29) is 17.5 Å². The molecule has 0 heterocycles. The molecule has 1 unspecified atom stereocenters. The summed E-state index contributed by atoms with van der Waals surface area (Å²) in [5.74, 6) is -7.96. The molecule has 0 saturated carbocycles. The molecule has 92 valence electrons. The van der Waals surface area contributed by atoms with Crippen LogP contribution in [0.3, 0.4) is 0 Å². The van der Waals surface area contributed by atoms with E-state index in [0.29, 0.717) is 12.8 Å². The van der Waals surface area contributed by atoms with E-state index in [1.807, 2.05) is 0 Å². The van der Waals surface area contributed by atoms with E-state index in [9.17, 15) is 18.0 Å². The van der Waals surface area contributed by atoms with Gasteiger partial charge in [-0.15, -0.1) is 0 Å². The molecule has 2 rings (SSSR count). The summed E-state index contributed by atoms with van der Waals surface area (Å²) in [6.45, 7) is 0. The van der Waals surface area contributed by atoms with Gasteiger partial charge in [0.25, 0.3) is 0 Å². The topological polar surface area (TPSA) is 37.3 Å². The molecule has 0 fully saturated rings. The molecule has 0 spiro atoms. The summed E-state index contributed by atoms with van der Waals surface area (Å²) in [5, 5.41) is 8.54. The van der Waals surface area contributed by atoms with Crippen molar-refractivity contribution < 1.29 is 23.1 Å². The maximum Gasteiger partial charge on any atom is 0.375 e. The molecule has 17 heavy (non-hydrogen) atoms. The second-order valence-electron chi connectivity index (χ2n) is 4.18. The molecule has 0 radical (unpaired) electrons. The van der Waals surface area contributed by atoms with E-state index in [4.69, 9.17) is 5.11 Å². The molecule has 1 atom stereocenters. The highest BCUT2D eigenvalue weighted by Gasteiger charge is 2.49. The number of halogens is 3. The summed E-state index contributed by atoms with van der Waals surface area (Å²) in [7, 11) is 0. The lowest BCUT2D eigenvalue weighted by molar-refractivity contribution is -0.169. The van der Waals surface area contributed by atoms with E-state index in [1.165, 1.54) is 18.2 Å². The zero-order valence-electron chi connectivity index (χ0n) is 8.92. The van der Waals surface area contributed by atoms with E-state index >= 15 is 0 Å². The number of carbonyl (C=O) groups is 1. The maximum absolute atomic E-state index is 13.5. The highest BCUT2D eigenvalue weighted by atomic mass is 19.3. The Labute approximate surface area is 96.1 Å². The summed E-state index contributed by atoms with van der Waals surface area (Å²) in [6, 6.07) is 3.93. The minimum Gasteiger partial charge on any atom is -0.477 e. The summed E-state index contributed by atoms with van der Waals surface area (Å²) < 4.78 is 40.5. The summed E-state index contributed by atoms with van der Waals surface area (Å²) in [4.78, 5) is 10.6. The van der Waals surface area contributed by atoms with Gasteiger partial charge in [-0.2, -0.15) is 8.78 Å². The van der Waals surface area contributed by atoms with Crippen molar-refractivity contribution >= 4 is 5.97 Å². The third-order valence-corrected chi connectivity index (χ3v) is 3.17. The van der Waals surface area contributed by atoms with Crippen molar-refractivity contribution in [3.63, 3.8) is 0 Å². The number of aliphatic carboxylic acids is 1. The van der Waals surface area contributed by atoms with Crippen molar-refractivity contribution in [3.05, 3.63) is 35.1 Å². The molecule has 0 saturated heterocycles. The van der Waals surface area contributed by atoms with Crippen molar-refractivity contribution in [2.24, 2.45) is 0 Å². The third-order valence-electron chi connectivity index (χ3n) is 3.17. The molecule has 2 nitrogen and oxygen atoms in total. The quantitative estimate of drug-likeness (QED) is 0.868. The van der Waals surface area contributed by atoms with Crippen molar-refractivity contribution in [2.75, 3.05) is 0 Å². The largest absolute Gasteiger partial charge is 0.477 e. The van der Waals surface area contributed by atoms with Gasteiger partial charge in [-0.3, -0.25) is 0 Å². The van der Waals surface area contributed by atoms with Crippen LogP contribution in [0.25, 0.3) is 0 Å². The average molecular weight is 244 g/mol. The zero-order valence-corrected chi connectivity index (χ0v) is 8.92. The van der Waals surface area contributed by atoms with Crippen LogP contribution in [-0.4, -0.2) is 17.0 Å². The zero-order chi connectivity index (χ0) is 12.6. The van der Waals surface area contributed by atoms with Crippen LogP contribution in [-0.2, 0) is 11.2 Å². The van der Waals surface area contributed by atoms with Crippen LogP contribution >= 0.6 is 0 Å². The summed E-state index contributed by atoms with van der Waals surface area (Å²) >= 11 is 0. The Morgan fingerprint density at radius 1 is 1.41 bits per heavy atom. The second-order valence-corrected chi connectivity index (χ2v) is 4.18. The number of carboxylic acids is 1. The van der Waals surface area contributed by atoms with Crippen molar-refractivity contribution in [1.82, 2.24) is 0 Å². The number of hydrogen-bond acceptors (Lipinski definition) is 1. The number of alkyl halides is 2. The highest BCUT2D eigenvalue weighted by molar-refractivity contribution is 5.77. The summed E-state index contributed by atoms with van der Waals surface area (Å²) in [6.07, 6.45) is 0.825. The minimum absolute atomic E-state index is 0.0652. The normalized spacial score (nSPS) is 19.8. The lowest BCUT2D eigenvalue weighted by Gasteiger charge is -2.29. The van der Waals surface area contributed by atoms with Gasteiger partial charge in [0.2, 0.25) is 0 Å². The molecule has 1 aliphatic carbocycles. The third kappa shape index (κ3) is 1.90. The Hall–Kier alpha value is -1.52. The fourth-order valence-electron chi connectivity index (χ4n) is 2.33. The van der Waals surface area contributed by atoms with Gasteiger partial charge in [-0.1, -0.05) is 12.1 Å². The molecule has 1 aromatic carbocycles. The van der Waals surface area contributed by atoms with Crippen molar-refractivity contribution in [2.45, 2.75) is 31.1 Å².